The van der Waals surface area contributed by atoms with Crippen molar-refractivity contribution in [3.05, 3.63) is 59.2 Å². The van der Waals surface area contributed by atoms with Gasteiger partial charge in [0.15, 0.2) is 6.10 Å². The highest BCUT2D eigenvalue weighted by atomic mass is 35.6. The predicted molar refractivity (Wildman–Crippen MR) is 315 cm³/mol. The van der Waals surface area contributed by atoms with E-state index in [4.69, 9.17) is 97.4 Å². The van der Waals surface area contributed by atoms with E-state index < -0.39 is 137 Å². The monoisotopic (exact) mass is 1290 g/mol. The van der Waals surface area contributed by atoms with Crippen LogP contribution in [0, 0.1) is 17.8 Å². The summed E-state index contributed by atoms with van der Waals surface area (Å²) in [5.41, 5.74) is 1.27. The van der Waals surface area contributed by atoms with Crippen LogP contribution >= 0.6 is 77.4 Å². The maximum absolute atomic E-state index is 14.3. The third-order valence-corrected chi connectivity index (χ3v) is 15.2. The largest absolute Gasteiger partial charge is 0.475 e. The van der Waals surface area contributed by atoms with Crippen molar-refractivity contribution >= 4 is 125 Å². The highest BCUT2D eigenvalue weighted by molar-refractivity contribution is 7.48. The molecule has 0 saturated carbocycles. The van der Waals surface area contributed by atoms with Crippen molar-refractivity contribution in [2.75, 3.05) is 47.0 Å². The molecular weight excluding hydrogens is 1220 g/mol. The molecule has 1 aromatic carbocycles. The van der Waals surface area contributed by atoms with Gasteiger partial charge >= 0.3 is 25.9 Å². The highest BCUT2D eigenvalue weighted by Gasteiger charge is 2.39. The number of nitrogens with zero attached hydrogens (tertiary/aromatic N) is 2. The Bertz CT molecular complexity index is 2390. The number of cyclic esters (lactones) is 2. The minimum absolute atomic E-state index is 0.0252. The number of unbranched alkanes of at least 4 members (excludes halogenated alkanes) is 2. The van der Waals surface area contributed by atoms with Gasteiger partial charge in [-0.3, -0.25) is 37.5 Å². The van der Waals surface area contributed by atoms with Gasteiger partial charge in [0.1, 0.15) is 49.6 Å². The molecule has 9 atom stereocenters. The number of alkyl halides is 6. The zero-order valence-electron chi connectivity index (χ0n) is 48.5. The minimum Gasteiger partial charge on any atom is -0.456 e. The first-order chi connectivity index (χ1) is 38.1. The zero-order chi connectivity index (χ0) is 62.3. The van der Waals surface area contributed by atoms with E-state index >= 15 is 0 Å². The molecule has 4 N–H and O–H groups in total. The first-order valence-corrected chi connectivity index (χ1v) is 30.6. The number of amides is 6. The maximum atomic E-state index is 14.3. The van der Waals surface area contributed by atoms with Crippen molar-refractivity contribution in [3.8, 4) is 0 Å². The summed E-state index contributed by atoms with van der Waals surface area (Å²) in [6.07, 6.45) is 0.150. The smallest absolute Gasteiger partial charge is 0.456 e. The van der Waals surface area contributed by atoms with E-state index in [1.54, 1.807) is 64.1 Å². The number of rotatable bonds is 19. The number of likely N-dealkylation sites (N-methyl/N-ethyl adjacent to an activating group) is 2. The van der Waals surface area contributed by atoms with Crippen LogP contribution in [0.3, 0.4) is 0 Å². The van der Waals surface area contributed by atoms with Crippen molar-refractivity contribution < 1.29 is 70.7 Å². The van der Waals surface area contributed by atoms with Gasteiger partial charge < -0.3 is 45.3 Å². The van der Waals surface area contributed by atoms with E-state index in [9.17, 15) is 42.9 Å². The van der Waals surface area contributed by atoms with Crippen LogP contribution in [0.5, 0.6) is 0 Å². The third-order valence-electron chi connectivity index (χ3n) is 13.2. The number of phosphoric ester groups is 1. The standard InChI is InChI=1S/C54H81Cl6N6O15P/c1-13-33(5)44-47(69)63-38(10)51(73)81-45(34(6)14-2)36(8)41(80-52(74)61-25-19-16-20-26-76-82(75,77-30-53(55,56)57)78-31-54(58,59)60)24-23-35(7)50(72)79-42(27-32(3)4)46(68)62-37(9)48(70)66(12)40(28-39-21-17-15-18-22-39)49(71)65(11)29-43(67)64-44/h14-15,17-18,21-23,32-33,36-38,40-42,44-45H,13,16,19-20,24-31H2,1-12H3,(H,61,74)(H,62,68)(H,63,69)(H,64,67)/b34-14+,35-23-/t33-,36+,37+,38-,40-,41+,42-,44+,45-/m1/s1. The summed E-state index contributed by atoms with van der Waals surface area (Å²) in [5, 5.41) is 10.7. The second-order valence-electron chi connectivity index (χ2n) is 20.6. The van der Waals surface area contributed by atoms with Crippen LogP contribution in [0.2, 0.25) is 0 Å². The number of carbonyl (C=O) groups is 8. The summed E-state index contributed by atoms with van der Waals surface area (Å²) in [6.45, 7) is 14.6. The average Bonchev–Trinajstić information content (AvgIpc) is 3.52. The van der Waals surface area contributed by atoms with Gasteiger partial charge in [-0.25, -0.2) is 18.9 Å². The molecule has 82 heavy (non-hydrogen) atoms. The number of carbonyl (C=O) groups excluding carboxylic acids is 8. The van der Waals surface area contributed by atoms with Crippen molar-refractivity contribution in [2.45, 2.75) is 164 Å². The summed E-state index contributed by atoms with van der Waals surface area (Å²) in [6, 6.07) is 4.06. The number of nitrogens with one attached hydrogen (secondary N) is 4. The van der Waals surface area contributed by atoms with E-state index in [-0.39, 0.29) is 50.3 Å². The lowest BCUT2D eigenvalue weighted by atomic mass is 9.90. The van der Waals surface area contributed by atoms with Crippen molar-refractivity contribution in [1.29, 1.82) is 0 Å². The van der Waals surface area contributed by atoms with Gasteiger partial charge in [0, 0.05) is 45.0 Å². The normalized spacial score (nSPS) is 24.6. The van der Waals surface area contributed by atoms with E-state index in [0.717, 1.165) is 4.90 Å². The molecule has 28 heteroatoms. The minimum atomic E-state index is -4.36. The Hall–Kier alpha value is -3.89. The highest BCUT2D eigenvalue weighted by Crippen LogP contribution is 2.52. The Labute approximate surface area is 512 Å². The molecule has 0 aliphatic carbocycles. The zero-order valence-corrected chi connectivity index (χ0v) is 54.0. The fourth-order valence-electron chi connectivity index (χ4n) is 8.06. The molecule has 0 fully saturated rings. The van der Waals surface area contributed by atoms with Crippen molar-refractivity contribution in [3.63, 3.8) is 0 Å². The summed E-state index contributed by atoms with van der Waals surface area (Å²) in [7, 11) is -1.57. The van der Waals surface area contributed by atoms with E-state index in [1.165, 1.54) is 45.8 Å². The van der Waals surface area contributed by atoms with E-state index in [1.807, 2.05) is 20.8 Å². The molecule has 2 rings (SSSR count). The quantitative estimate of drug-likeness (QED) is 0.0251. The Kier molecular flexibility index (Phi) is 32.2. The third kappa shape index (κ3) is 27.0. The Balaban J connectivity index is 2.56. The molecular formula is C54H81Cl6N6O15P. The molecule has 1 heterocycles. The van der Waals surface area contributed by atoms with Crippen molar-refractivity contribution in [2.24, 2.45) is 17.8 Å². The van der Waals surface area contributed by atoms with Crippen LogP contribution in [-0.2, 0) is 72.3 Å². The fraction of sp³-hybridized carbons (Fsp3) is 0.667. The molecule has 21 nitrogen and oxygen atoms in total. The number of ether oxygens (including phenoxy) is 3. The van der Waals surface area contributed by atoms with Crippen LogP contribution in [0.15, 0.2) is 53.6 Å². The van der Waals surface area contributed by atoms with Gasteiger partial charge in [-0.1, -0.05) is 153 Å². The number of alkyl carbamates (subject to hydrolysis) is 1. The Morgan fingerprint density at radius 3 is 2.00 bits per heavy atom. The van der Waals surface area contributed by atoms with Gasteiger partial charge in [-0.15, -0.1) is 0 Å². The molecule has 1 aliphatic rings. The number of hydrogen-bond donors (Lipinski definition) is 4. The second kappa shape index (κ2) is 35.5. The molecule has 464 valence electrons. The van der Waals surface area contributed by atoms with Gasteiger partial charge in [0.05, 0.1) is 13.2 Å². The van der Waals surface area contributed by atoms with Crippen LogP contribution in [-0.4, -0.2) is 154 Å². The molecule has 6 amide bonds. The van der Waals surface area contributed by atoms with E-state index in [2.05, 4.69) is 21.3 Å². The van der Waals surface area contributed by atoms with Gasteiger partial charge in [-0.05, 0) is 83.3 Å². The number of halogens is 6. The summed E-state index contributed by atoms with van der Waals surface area (Å²) >= 11 is 34.4. The number of benzene rings is 1. The molecule has 0 radical (unpaired) electrons. The summed E-state index contributed by atoms with van der Waals surface area (Å²) < 4.78 is 42.7. The number of phosphoric acid groups is 1. The molecule has 0 saturated heterocycles. The molecule has 0 aromatic heterocycles. The van der Waals surface area contributed by atoms with Gasteiger partial charge in [-0.2, -0.15) is 0 Å². The number of esters is 2. The molecule has 0 bridgehead atoms. The van der Waals surface area contributed by atoms with Crippen LogP contribution in [0.1, 0.15) is 113 Å². The lowest BCUT2D eigenvalue weighted by Crippen LogP contribution is -2.57. The molecule has 0 spiro atoms. The first kappa shape index (κ1) is 74.2. The molecule has 1 aliphatic heterocycles. The molecule has 0 unspecified atom stereocenters. The number of hydrogen-bond acceptors (Lipinski definition) is 15. The van der Waals surface area contributed by atoms with E-state index in [0.29, 0.717) is 30.4 Å². The lowest BCUT2D eigenvalue weighted by Gasteiger charge is -2.33. The van der Waals surface area contributed by atoms with Gasteiger partial charge in [0.2, 0.25) is 31.2 Å². The topological polar surface area (TPSA) is 264 Å². The summed E-state index contributed by atoms with van der Waals surface area (Å²) in [5.74, 6) is -6.66. The van der Waals surface area contributed by atoms with Crippen molar-refractivity contribution in [1.82, 2.24) is 31.1 Å². The van der Waals surface area contributed by atoms with Gasteiger partial charge in [0.25, 0.3) is 5.91 Å². The SMILES string of the molecule is C/C=C(\C)[C@H]1OC(=O)[C@@H](C)NC(=O)[C@H]([C@H](C)CC)NC(=O)CN(C)C(=O)[C@@H](Cc2ccccc2)N(C)C(=O)[C@H](C)NC(=O)[C@@H](CC(C)C)OC(=O)/C(C)=C\C[C@H](OC(=O)NCCCCCOP(=O)(OCC(Cl)(Cl)Cl)OCC(Cl)(Cl)Cl)[C@@H]1C. The Morgan fingerprint density at radius 2 is 1.44 bits per heavy atom. The first-order valence-electron chi connectivity index (χ1n) is 26.9. The maximum Gasteiger partial charge on any atom is 0.475 e. The average molecular weight is 1300 g/mol. The fourth-order valence-corrected chi connectivity index (χ4v) is 10.1. The molecule has 1 aromatic rings. The summed E-state index contributed by atoms with van der Waals surface area (Å²) in [4.78, 5) is 114. The van der Waals surface area contributed by atoms with Crippen LogP contribution in [0.4, 0.5) is 4.79 Å². The Morgan fingerprint density at radius 1 is 0.841 bits per heavy atom. The lowest BCUT2D eigenvalue weighted by molar-refractivity contribution is -0.155. The second-order valence-corrected chi connectivity index (χ2v) is 27.3. The van der Waals surface area contributed by atoms with Crippen LogP contribution in [0.25, 0.3) is 0 Å². The van der Waals surface area contributed by atoms with Crippen LogP contribution < -0.4 is 21.3 Å². The predicted octanol–water partition coefficient (Wildman–Crippen LogP) is 9.04. The number of allylic oxidation sites excluding steroid dienone is 1.